The zero-order chi connectivity index (χ0) is 27.1. The van der Waals surface area contributed by atoms with Gasteiger partial charge in [-0.15, -0.1) is 24.9 Å². The molecule has 3 amide bonds. The first kappa shape index (κ1) is 28.8. The Morgan fingerprint density at radius 3 is 2.33 bits per heavy atom. The number of aliphatic hydroxyl groups excluding tert-OH is 1. The summed E-state index contributed by atoms with van der Waals surface area (Å²) in [6.07, 6.45) is 6.27. The van der Waals surface area contributed by atoms with Crippen LogP contribution < -0.4 is 0 Å². The molecule has 1 N–H and O–H groups in total. The van der Waals surface area contributed by atoms with E-state index < -0.39 is 39.0 Å². The van der Waals surface area contributed by atoms with Gasteiger partial charge in [-0.05, 0) is 53.4 Å². The molecule has 3 heterocycles. The van der Waals surface area contributed by atoms with Crippen molar-refractivity contribution in [2.24, 2.45) is 11.8 Å². The summed E-state index contributed by atoms with van der Waals surface area (Å²) in [5.74, 6) is -1.39. The lowest BCUT2D eigenvalue weighted by atomic mass is 9.66. The molecule has 2 unspecified atom stereocenters. The molecule has 7 nitrogen and oxygen atoms in total. The molecule has 3 saturated heterocycles. The van der Waals surface area contributed by atoms with Crippen LogP contribution in [0.15, 0.2) is 25.3 Å². The molecule has 202 valence electrons. The number of amides is 3. The summed E-state index contributed by atoms with van der Waals surface area (Å²) < 4.78 is -1.11. The Kier molecular flexibility index (Phi) is 8.41. The van der Waals surface area contributed by atoms with Crippen molar-refractivity contribution < 1.29 is 19.5 Å². The van der Waals surface area contributed by atoms with E-state index in [2.05, 4.69) is 20.1 Å². The second-order valence-corrected chi connectivity index (χ2v) is 13.6. The van der Waals surface area contributed by atoms with E-state index >= 15 is 0 Å². The minimum absolute atomic E-state index is 0.0180. The van der Waals surface area contributed by atoms with Crippen LogP contribution >= 0.6 is 11.8 Å². The van der Waals surface area contributed by atoms with Gasteiger partial charge in [0, 0.05) is 29.9 Å². The topological polar surface area (TPSA) is 81.2 Å². The number of hydrogen-bond donors (Lipinski definition) is 1. The number of rotatable bonds is 11. The second-order valence-electron chi connectivity index (χ2n) is 11.7. The van der Waals surface area contributed by atoms with Crippen molar-refractivity contribution in [3.05, 3.63) is 25.3 Å². The van der Waals surface area contributed by atoms with Gasteiger partial charge in [-0.1, -0.05) is 26.0 Å². The van der Waals surface area contributed by atoms with Gasteiger partial charge in [-0.25, -0.2) is 0 Å². The van der Waals surface area contributed by atoms with Gasteiger partial charge >= 0.3 is 0 Å². The van der Waals surface area contributed by atoms with Gasteiger partial charge in [-0.2, -0.15) is 0 Å². The van der Waals surface area contributed by atoms with E-state index in [1.54, 1.807) is 33.7 Å². The molecule has 0 radical (unpaired) electrons. The molecule has 0 aliphatic carbocycles. The van der Waals surface area contributed by atoms with E-state index in [0.29, 0.717) is 32.5 Å². The van der Waals surface area contributed by atoms with E-state index in [1.165, 1.54) is 0 Å². The number of thioether (sulfide) groups is 1. The first-order chi connectivity index (χ1) is 16.9. The first-order valence-corrected chi connectivity index (χ1v) is 14.1. The molecule has 3 rings (SSSR count). The van der Waals surface area contributed by atoms with Gasteiger partial charge in [0.05, 0.1) is 29.2 Å². The Hall–Kier alpha value is -1.80. The van der Waals surface area contributed by atoms with Crippen molar-refractivity contribution >= 4 is 29.5 Å². The van der Waals surface area contributed by atoms with Crippen LogP contribution in [0, 0.1) is 11.8 Å². The summed E-state index contributed by atoms with van der Waals surface area (Å²) in [6, 6.07) is -1.20. The fraction of sp³-hybridized carbons (Fsp3) is 0.750. The van der Waals surface area contributed by atoms with Crippen LogP contribution in [-0.4, -0.2) is 90.9 Å². The number of fused-ring (bicyclic) bond motifs is 1. The number of carbonyl (C=O) groups is 3. The number of carbonyl (C=O) groups excluding carboxylic acids is 3. The van der Waals surface area contributed by atoms with Crippen LogP contribution in [0.3, 0.4) is 0 Å². The molecule has 1 spiro atoms. The number of likely N-dealkylation sites (tertiary alicyclic amines) is 1. The third kappa shape index (κ3) is 4.42. The van der Waals surface area contributed by atoms with Gasteiger partial charge in [0.1, 0.15) is 6.04 Å². The minimum Gasteiger partial charge on any atom is -0.394 e. The lowest BCUT2D eigenvalue weighted by Crippen LogP contribution is -2.60. The maximum absolute atomic E-state index is 14.4. The van der Waals surface area contributed by atoms with E-state index in [1.807, 2.05) is 39.5 Å². The fourth-order valence-electron chi connectivity index (χ4n) is 6.71. The maximum Gasteiger partial charge on any atom is 0.247 e. The molecule has 36 heavy (non-hydrogen) atoms. The Labute approximate surface area is 221 Å². The number of hydrogen-bond acceptors (Lipinski definition) is 5. The molecule has 0 aromatic carbocycles. The quantitative estimate of drug-likeness (QED) is 0.423. The standard InChI is InChI=1S/C28H45N3O4S/c1-9-15-29(16-10-2)23(33)20-21-24(34)31(19(12-4)18-32)22(28(21)14-13-27(20,8)36-28)25(35)30(17-11-3)26(5,6)7/h9,11,19-22,32H,1,3,10,12-18H2,2,4-8H3/t19-,20+,21-,22?,27-,28?/m0/s1. The molecule has 3 aliphatic heterocycles. The van der Waals surface area contributed by atoms with Crippen LogP contribution in [0.25, 0.3) is 0 Å². The number of nitrogens with zero attached hydrogens (tertiary/aromatic N) is 3. The maximum atomic E-state index is 14.4. The number of aliphatic hydroxyl groups is 1. The van der Waals surface area contributed by atoms with E-state index in [0.717, 1.165) is 12.8 Å². The van der Waals surface area contributed by atoms with Gasteiger partial charge in [0.2, 0.25) is 17.7 Å². The average molecular weight is 520 g/mol. The van der Waals surface area contributed by atoms with Crippen molar-refractivity contribution in [3.8, 4) is 0 Å². The Balaban J connectivity index is 2.16. The van der Waals surface area contributed by atoms with Crippen LogP contribution in [0.4, 0.5) is 0 Å². The molecule has 0 aromatic rings. The third-order valence-corrected chi connectivity index (χ3v) is 10.3. The van der Waals surface area contributed by atoms with Crippen molar-refractivity contribution in [2.75, 3.05) is 26.2 Å². The van der Waals surface area contributed by atoms with Crippen molar-refractivity contribution in [1.29, 1.82) is 0 Å². The molecular formula is C28H45N3O4S. The van der Waals surface area contributed by atoms with E-state index in [-0.39, 0.29) is 24.3 Å². The normalized spacial score (nSPS) is 31.8. The zero-order valence-electron chi connectivity index (χ0n) is 23.0. The SMILES string of the molecule is C=CCN(CCC)C(=O)[C@H]1[C@H]2C(=O)N([C@@H](CC)CO)C(C(=O)N(CC=C)C(C)(C)C)C23CC[C@]1(C)S3. The zero-order valence-corrected chi connectivity index (χ0v) is 23.8. The monoisotopic (exact) mass is 519 g/mol. The summed E-state index contributed by atoms with van der Waals surface area (Å²) in [6.45, 7) is 20.9. The molecular weight excluding hydrogens is 474 g/mol. The Morgan fingerprint density at radius 2 is 1.83 bits per heavy atom. The lowest BCUT2D eigenvalue weighted by Gasteiger charge is -2.43. The van der Waals surface area contributed by atoms with Crippen molar-refractivity contribution in [1.82, 2.24) is 14.7 Å². The van der Waals surface area contributed by atoms with Gasteiger partial charge < -0.3 is 19.8 Å². The molecule has 2 bridgehead atoms. The summed E-state index contributed by atoms with van der Waals surface area (Å²) in [5, 5.41) is 10.3. The minimum atomic E-state index is -0.727. The summed E-state index contributed by atoms with van der Waals surface area (Å²) in [7, 11) is 0. The van der Waals surface area contributed by atoms with E-state index in [9.17, 15) is 19.5 Å². The molecule has 0 aromatic heterocycles. The van der Waals surface area contributed by atoms with Crippen molar-refractivity contribution in [3.63, 3.8) is 0 Å². The predicted molar refractivity (Wildman–Crippen MR) is 145 cm³/mol. The largest absolute Gasteiger partial charge is 0.394 e. The fourth-order valence-corrected chi connectivity index (χ4v) is 9.04. The summed E-state index contributed by atoms with van der Waals surface area (Å²) in [4.78, 5) is 48.0. The van der Waals surface area contributed by atoms with Gasteiger partial charge in [0.15, 0.2) is 0 Å². The first-order valence-electron chi connectivity index (χ1n) is 13.3. The molecule has 3 fully saturated rings. The average Bonchev–Trinajstić information content (AvgIpc) is 3.38. The lowest BCUT2D eigenvalue weighted by molar-refractivity contribution is -0.149. The summed E-state index contributed by atoms with van der Waals surface area (Å²) in [5.41, 5.74) is -0.474. The van der Waals surface area contributed by atoms with Crippen molar-refractivity contribution in [2.45, 2.75) is 94.3 Å². The highest BCUT2D eigenvalue weighted by atomic mass is 32.2. The summed E-state index contributed by atoms with van der Waals surface area (Å²) >= 11 is 1.68. The van der Waals surface area contributed by atoms with Crippen LogP contribution in [0.5, 0.6) is 0 Å². The smallest absolute Gasteiger partial charge is 0.247 e. The van der Waals surface area contributed by atoms with Crippen LogP contribution in [0.1, 0.15) is 67.2 Å². The Bertz CT molecular complexity index is 898. The molecule has 8 heteroatoms. The van der Waals surface area contributed by atoms with Crippen LogP contribution in [-0.2, 0) is 14.4 Å². The van der Waals surface area contributed by atoms with E-state index in [4.69, 9.17) is 0 Å². The second kappa shape index (κ2) is 10.5. The Morgan fingerprint density at radius 1 is 1.19 bits per heavy atom. The van der Waals surface area contributed by atoms with Crippen LogP contribution in [0.2, 0.25) is 0 Å². The predicted octanol–water partition coefficient (Wildman–Crippen LogP) is 3.48. The molecule has 3 aliphatic rings. The highest BCUT2D eigenvalue weighted by molar-refractivity contribution is 8.02. The highest BCUT2D eigenvalue weighted by Crippen LogP contribution is 2.72. The molecule has 6 atom stereocenters. The third-order valence-electron chi connectivity index (χ3n) is 8.33. The van der Waals surface area contributed by atoms with Gasteiger partial charge in [0.25, 0.3) is 0 Å². The van der Waals surface area contributed by atoms with Gasteiger partial charge in [-0.3, -0.25) is 14.4 Å². The molecule has 0 saturated carbocycles. The highest BCUT2D eigenvalue weighted by Gasteiger charge is 2.78.